The van der Waals surface area contributed by atoms with E-state index < -0.39 is 0 Å². The van der Waals surface area contributed by atoms with E-state index >= 15 is 0 Å². The van der Waals surface area contributed by atoms with Crippen molar-refractivity contribution in [2.75, 3.05) is 36.4 Å². The molecule has 0 spiro atoms. The number of rotatable bonds is 4. The minimum absolute atomic E-state index is 0.0491. The Morgan fingerprint density at radius 2 is 1.71 bits per heavy atom. The molecule has 0 saturated carbocycles. The second-order valence-corrected chi connectivity index (χ2v) is 10.2. The minimum Gasteiger partial charge on any atom is -0.370 e. The first-order valence-electron chi connectivity index (χ1n) is 12.1. The van der Waals surface area contributed by atoms with Crippen molar-refractivity contribution < 1.29 is 9.59 Å². The van der Waals surface area contributed by atoms with Crippen LogP contribution in [-0.4, -0.2) is 52.3 Å². The van der Waals surface area contributed by atoms with Crippen LogP contribution in [0.2, 0.25) is 0 Å². The summed E-state index contributed by atoms with van der Waals surface area (Å²) in [6.45, 7) is 9.08. The van der Waals surface area contributed by atoms with Crippen LogP contribution in [0.1, 0.15) is 52.9 Å². The number of carbonyl (C=O) groups excluding carboxylic acids is 2. The third kappa shape index (κ3) is 4.15. The molecule has 8 heteroatoms. The van der Waals surface area contributed by atoms with Gasteiger partial charge in [0.2, 0.25) is 5.91 Å². The number of piperidine rings is 1. The third-order valence-electron chi connectivity index (χ3n) is 7.18. The number of amides is 2. The molecule has 0 atom stereocenters. The molecule has 4 heterocycles. The summed E-state index contributed by atoms with van der Waals surface area (Å²) in [5, 5.41) is 4.15. The fraction of sp³-hybridized carbons (Fsp3) is 0.462. The average Bonchev–Trinajstić information content (AvgIpc) is 3.51. The van der Waals surface area contributed by atoms with Crippen molar-refractivity contribution in [1.82, 2.24) is 14.3 Å². The number of hydrogen-bond acceptors (Lipinski definition) is 6. The molecule has 5 rings (SSSR count). The SMILES string of the molecule is Cc1cccc(C)c1NC(=O)C1CCN(c2c(C(=O)N3CCCC3)cnc3snc(C)c23)CC1. The zero-order valence-electron chi connectivity index (χ0n) is 20.1. The number of aromatic nitrogens is 2. The van der Waals surface area contributed by atoms with Gasteiger partial charge >= 0.3 is 0 Å². The van der Waals surface area contributed by atoms with Crippen LogP contribution < -0.4 is 10.2 Å². The smallest absolute Gasteiger partial charge is 0.257 e. The fourth-order valence-corrected chi connectivity index (χ4v) is 5.97. The Hall–Kier alpha value is -3.00. The van der Waals surface area contributed by atoms with Crippen molar-refractivity contribution in [3.8, 4) is 0 Å². The number of anilines is 2. The minimum atomic E-state index is -0.0491. The number of para-hydroxylation sites is 1. The molecule has 2 saturated heterocycles. The van der Waals surface area contributed by atoms with E-state index in [1.165, 1.54) is 11.5 Å². The highest BCUT2D eigenvalue weighted by molar-refractivity contribution is 7.13. The van der Waals surface area contributed by atoms with Gasteiger partial charge in [-0.3, -0.25) is 9.59 Å². The van der Waals surface area contributed by atoms with Crippen molar-refractivity contribution >= 4 is 44.9 Å². The molecule has 1 aromatic carbocycles. The molecule has 178 valence electrons. The molecule has 34 heavy (non-hydrogen) atoms. The van der Waals surface area contributed by atoms with Crippen molar-refractivity contribution in [3.05, 3.63) is 46.8 Å². The van der Waals surface area contributed by atoms with Gasteiger partial charge in [0, 0.05) is 44.0 Å². The Morgan fingerprint density at radius 3 is 2.38 bits per heavy atom. The van der Waals surface area contributed by atoms with E-state index in [-0.39, 0.29) is 17.7 Å². The van der Waals surface area contributed by atoms with Crippen LogP contribution in [0.25, 0.3) is 10.2 Å². The average molecular weight is 478 g/mol. The van der Waals surface area contributed by atoms with Crippen molar-refractivity contribution in [3.63, 3.8) is 0 Å². The Morgan fingerprint density at radius 1 is 1.03 bits per heavy atom. The van der Waals surface area contributed by atoms with E-state index in [0.717, 1.165) is 90.3 Å². The normalized spacial score (nSPS) is 16.9. The number of fused-ring (bicyclic) bond motifs is 1. The summed E-state index contributed by atoms with van der Waals surface area (Å²) in [5.74, 6) is 0.0908. The van der Waals surface area contributed by atoms with Gasteiger partial charge in [0.25, 0.3) is 5.91 Å². The summed E-state index contributed by atoms with van der Waals surface area (Å²) in [6, 6.07) is 6.06. The van der Waals surface area contributed by atoms with Gasteiger partial charge in [-0.15, -0.1) is 0 Å². The number of pyridine rings is 1. The Kier molecular flexibility index (Phi) is 6.25. The summed E-state index contributed by atoms with van der Waals surface area (Å²) in [4.78, 5) is 36.1. The summed E-state index contributed by atoms with van der Waals surface area (Å²) in [7, 11) is 0. The molecular formula is C26H31N5O2S. The van der Waals surface area contributed by atoms with E-state index in [4.69, 9.17) is 0 Å². The zero-order chi connectivity index (χ0) is 23.8. The van der Waals surface area contributed by atoms with Crippen molar-refractivity contribution in [1.29, 1.82) is 0 Å². The van der Waals surface area contributed by atoms with Crippen LogP contribution in [0, 0.1) is 26.7 Å². The summed E-state index contributed by atoms with van der Waals surface area (Å²) < 4.78 is 4.52. The lowest BCUT2D eigenvalue weighted by molar-refractivity contribution is -0.120. The van der Waals surface area contributed by atoms with E-state index in [9.17, 15) is 9.59 Å². The maximum absolute atomic E-state index is 13.4. The van der Waals surface area contributed by atoms with Gasteiger partial charge in [-0.1, -0.05) is 18.2 Å². The third-order valence-corrected chi connectivity index (χ3v) is 8.03. The summed E-state index contributed by atoms with van der Waals surface area (Å²) in [5.41, 5.74) is 5.60. The van der Waals surface area contributed by atoms with E-state index in [0.29, 0.717) is 5.56 Å². The number of nitrogens with one attached hydrogen (secondary N) is 1. The lowest BCUT2D eigenvalue weighted by Gasteiger charge is -2.35. The molecular weight excluding hydrogens is 446 g/mol. The highest BCUT2D eigenvalue weighted by Gasteiger charge is 2.31. The molecule has 0 bridgehead atoms. The van der Waals surface area contributed by atoms with Gasteiger partial charge in [-0.25, -0.2) is 4.98 Å². The predicted molar refractivity (Wildman–Crippen MR) is 137 cm³/mol. The van der Waals surface area contributed by atoms with Gasteiger partial charge in [0.1, 0.15) is 4.83 Å². The molecule has 2 aliphatic heterocycles. The number of hydrogen-bond donors (Lipinski definition) is 1. The number of benzene rings is 1. The molecule has 0 radical (unpaired) electrons. The monoisotopic (exact) mass is 477 g/mol. The van der Waals surface area contributed by atoms with Crippen molar-refractivity contribution in [2.45, 2.75) is 46.5 Å². The first-order valence-corrected chi connectivity index (χ1v) is 12.9. The maximum atomic E-state index is 13.4. The molecule has 2 aliphatic rings. The standard InChI is InChI=1S/C26H31N5O2S/c1-16-7-6-8-17(2)22(16)28-24(32)19-9-13-30(14-10-19)23-20(26(33)31-11-4-5-12-31)15-27-25-21(23)18(3)29-34-25/h6-8,15,19H,4-5,9-14H2,1-3H3,(H,28,32). The summed E-state index contributed by atoms with van der Waals surface area (Å²) in [6.07, 6.45) is 5.33. The molecule has 2 fully saturated rings. The van der Waals surface area contributed by atoms with Gasteiger partial charge in [-0.2, -0.15) is 4.37 Å². The van der Waals surface area contributed by atoms with Crippen molar-refractivity contribution in [2.24, 2.45) is 5.92 Å². The van der Waals surface area contributed by atoms with Crippen LogP contribution in [0.3, 0.4) is 0 Å². The van der Waals surface area contributed by atoms with Crippen LogP contribution in [-0.2, 0) is 4.79 Å². The first kappa shape index (κ1) is 22.8. The quantitative estimate of drug-likeness (QED) is 0.589. The van der Waals surface area contributed by atoms with Crippen LogP contribution in [0.15, 0.2) is 24.4 Å². The van der Waals surface area contributed by atoms with Gasteiger partial charge in [0.05, 0.1) is 22.3 Å². The highest BCUT2D eigenvalue weighted by Crippen LogP contribution is 2.37. The molecule has 2 aromatic heterocycles. The largest absolute Gasteiger partial charge is 0.370 e. The Balaban J connectivity index is 1.38. The molecule has 7 nitrogen and oxygen atoms in total. The molecule has 2 amide bonds. The Bertz CT molecular complexity index is 1220. The van der Waals surface area contributed by atoms with E-state index in [1.807, 2.05) is 43.9 Å². The number of aryl methyl sites for hydroxylation is 3. The van der Waals surface area contributed by atoms with Crippen LogP contribution >= 0.6 is 11.5 Å². The maximum Gasteiger partial charge on any atom is 0.257 e. The molecule has 0 aliphatic carbocycles. The fourth-order valence-electron chi connectivity index (χ4n) is 5.22. The van der Waals surface area contributed by atoms with Gasteiger partial charge in [-0.05, 0) is 69.1 Å². The topological polar surface area (TPSA) is 78.4 Å². The molecule has 0 unspecified atom stereocenters. The zero-order valence-corrected chi connectivity index (χ0v) is 20.9. The number of nitrogens with zero attached hydrogens (tertiary/aromatic N) is 4. The second kappa shape index (κ2) is 9.33. The van der Waals surface area contributed by atoms with Gasteiger partial charge in [0.15, 0.2) is 0 Å². The number of carbonyl (C=O) groups is 2. The highest BCUT2D eigenvalue weighted by atomic mass is 32.1. The molecule has 1 N–H and O–H groups in total. The van der Waals surface area contributed by atoms with E-state index in [2.05, 4.69) is 19.6 Å². The summed E-state index contributed by atoms with van der Waals surface area (Å²) >= 11 is 1.38. The lowest BCUT2D eigenvalue weighted by Crippen LogP contribution is -2.40. The number of likely N-dealkylation sites (tertiary alicyclic amines) is 1. The second-order valence-electron chi connectivity index (χ2n) is 9.49. The predicted octanol–water partition coefficient (Wildman–Crippen LogP) is 4.71. The van der Waals surface area contributed by atoms with E-state index in [1.54, 1.807) is 6.20 Å². The van der Waals surface area contributed by atoms with Crippen LogP contribution in [0.5, 0.6) is 0 Å². The van der Waals surface area contributed by atoms with Gasteiger partial charge < -0.3 is 15.1 Å². The molecule has 3 aromatic rings. The van der Waals surface area contributed by atoms with Crippen LogP contribution in [0.4, 0.5) is 11.4 Å². The lowest BCUT2D eigenvalue weighted by atomic mass is 9.94. The Labute approximate surface area is 204 Å². The first-order chi connectivity index (χ1) is 16.4.